The molecule has 0 N–H and O–H groups in total. The molecule has 0 fully saturated rings. The van der Waals surface area contributed by atoms with Gasteiger partial charge in [-0.1, -0.05) is 37.8 Å². The minimum absolute atomic E-state index is 0.946. The fourth-order valence-electron chi connectivity index (χ4n) is 1.02. The van der Waals surface area contributed by atoms with Gasteiger partial charge >= 0.3 is 0 Å². The lowest BCUT2D eigenvalue weighted by Crippen LogP contribution is -1.84. The summed E-state index contributed by atoms with van der Waals surface area (Å²) >= 11 is 0. The third-order valence-corrected chi connectivity index (χ3v) is 1.64. The van der Waals surface area contributed by atoms with Crippen molar-refractivity contribution in [2.75, 3.05) is 0 Å². The average Bonchev–Trinajstić information content (AvgIpc) is 2.21. The smallest absolute Gasteiger partial charge is 0.0694 e. The maximum absolute atomic E-state index is 4.37. The van der Waals surface area contributed by atoms with E-state index < -0.39 is 0 Å². The van der Waals surface area contributed by atoms with Crippen molar-refractivity contribution >= 4 is 6.21 Å². The molecule has 0 saturated carbocycles. The molecule has 0 aromatic heterocycles. The normalized spacial score (nSPS) is 14.2. The Morgan fingerprint density at radius 2 is 2.07 bits per heavy atom. The van der Waals surface area contributed by atoms with E-state index >= 15 is 0 Å². The zero-order valence-corrected chi connectivity index (χ0v) is 9.33. The summed E-state index contributed by atoms with van der Waals surface area (Å²) in [6.45, 7) is 9.76. The number of rotatable bonds is 5. The minimum atomic E-state index is 0.946. The zero-order valence-electron chi connectivity index (χ0n) is 9.33. The van der Waals surface area contributed by atoms with Crippen molar-refractivity contribution in [2.45, 2.75) is 27.2 Å². The maximum Gasteiger partial charge on any atom is 0.0694 e. The predicted octanol–water partition coefficient (Wildman–Crippen LogP) is 4.06. The highest BCUT2D eigenvalue weighted by Crippen LogP contribution is 2.13. The van der Waals surface area contributed by atoms with Crippen molar-refractivity contribution < 1.29 is 0 Å². The molecular weight excluding hydrogens is 170 g/mol. The van der Waals surface area contributed by atoms with E-state index in [1.807, 2.05) is 44.4 Å². The first-order valence-corrected chi connectivity index (χ1v) is 4.94. The van der Waals surface area contributed by atoms with Crippen LogP contribution in [0.2, 0.25) is 0 Å². The van der Waals surface area contributed by atoms with Gasteiger partial charge in [0, 0.05) is 6.21 Å². The topological polar surface area (TPSA) is 12.4 Å². The Hall–Kier alpha value is -1.37. The van der Waals surface area contributed by atoms with Gasteiger partial charge in [-0.2, -0.15) is 0 Å². The summed E-state index contributed by atoms with van der Waals surface area (Å²) in [4.78, 5) is 4.37. The maximum atomic E-state index is 4.37. The molecule has 0 aliphatic heterocycles. The molecular formula is C13H19N. The van der Waals surface area contributed by atoms with Gasteiger partial charge in [-0.15, -0.1) is 0 Å². The molecule has 0 aliphatic carbocycles. The van der Waals surface area contributed by atoms with Crippen molar-refractivity contribution in [1.29, 1.82) is 0 Å². The first-order valence-electron chi connectivity index (χ1n) is 4.94. The van der Waals surface area contributed by atoms with Crippen LogP contribution in [0, 0.1) is 0 Å². The minimum Gasteiger partial charge on any atom is -0.261 e. The SMILES string of the molecule is C=C\C=C(N=CCC)/C(/C=C\C)=C\C. The van der Waals surface area contributed by atoms with Crippen molar-refractivity contribution in [3.05, 3.63) is 48.2 Å². The fraction of sp³-hybridized carbons (Fsp3) is 0.308. The number of hydrogen-bond donors (Lipinski definition) is 0. The number of aliphatic imine (C=N–C) groups is 1. The molecule has 1 nitrogen and oxygen atoms in total. The van der Waals surface area contributed by atoms with Crippen LogP contribution in [0.4, 0.5) is 0 Å². The summed E-state index contributed by atoms with van der Waals surface area (Å²) in [5.74, 6) is 0. The van der Waals surface area contributed by atoms with Crippen LogP contribution in [0.3, 0.4) is 0 Å². The lowest BCUT2D eigenvalue weighted by Gasteiger charge is -2.00. The molecule has 0 aromatic carbocycles. The molecule has 14 heavy (non-hydrogen) atoms. The summed E-state index contributed by atoms with van der Waals surface area (Å²) in [6, 6.07) is 0. The highest BCUT2D eigenvalue weighted by atomic mass is 14.7. The molecule has 0 atom stereocenters. The average molecular weight is 189 g/mol. The molecule has 0 spiro atoms. The van der Waals surface area contributed by atoms with E-state index in [1.54, 1.807) is 6.08 Å². The first-order chi connectivity index (χ1) is 6.79. The Bertz CT molecular complexity index is 278. The van der Waals surface area contributed by atoms with Crippen LogP contribution in [0.1, 0.15) is 27.2 Å². The van der Waals surface area contributed by atoms with E-state index in [-0.39, 0.29) is 0 Å². The van der Waals surface area contributed by atoms with E-state index in [9.17, 15) is 0 Å². The van der Waals surface area contributed by atoms with Gasteiger partial charge in [-0.05, 0) is 31.9 Å². The summed E-state index contributed by atoms with van der Waals surface area (Å²) in [5, 5.41) is 0. The highest BCUT2D eigenvalue weighted by molar-refractivity contribution is 5.61. The summed E-state index contributed by atoms with van der Waals surface area (Å²) < 4.78 is 0. The molecule has 0 aliphatic rings. The van der Waals surface area contributed by atoms with Crippen LogP contribution in [0.25, 0.3) is 0 Å². The van der Waals surface area contributed by atoms with Crippen LogP contribution < -0.4 is 0 Å². The van der Waals surface area contributed by atoms with Crippen LogP contribution in [-0.4, -0.2) is 6.21 Å². The quantitative estimate of drug-likeness (QED) is 0.457. The van der Waals surface area contributed by atoms with Crippen molar-refractivity contribution in [3.63, 3.8) is 0 Å². The second kappa shape index (κ2) is 8.24. The van der Waals surface area contributed by atoms with E-state index in [1.165, 1.54) is 0 Å². The largest absolute Gasteiger partial charge is 0.261 e. The van der Waals surface area contributed by atoms with Gasteiger partial charge in [0.25, 0.3) is 0 Å². The van der Waals surface area contributed by atoms with Gasteiger partial charge in [0.1, 0.15) is 0 Å². The molecule has 0 radical (unpaired) electrons. The molecule has 76 valence electrons. The van der Waals surface area contributed by atoms with Crippen LogP contribution in [0.15, 0.2) is 53.2 Å². The Morgan fingerprint density at radius 1 is 1.36 bits per heavy atom. The lowest BCUT2D eigenvalue weighted by atomic mass is 10.1. The van der Waals surface area contributed by atoms with Gasteiger partial charge in [0.2, 0.25) is 0 Å². The fourth-order valence-corrected chi connectivity index (χ4v) is 1.02. The van der Waals surface area contributed by atoms with Crippen LogP contribution in [0.5, 0.6) is 0 Å². The first kappa shape index (κ1) is 12.6. The third kappa shape index (κ3) is 4.61. The van der Waals surface area contributed by atoms with Gasteiger partial charge in [0.15, 0.2) is 0 Å². The standard InChI is InChI=1S/C13H19N/c1-5-9-12(8-4)13(10-6-2)14-11-7-3/h5-6,8-11H,2,7H2,1,3-4H3/b9-5-,12-8-,13-10+,14-11?. The van der Waals surface area contributed by atoms with E-state index in [4.69, 9.17) is 0 Å². The number of nitrogens with zero attached hydrogens (tertiary/aromatic N) is 1. The van der Waals surface area contributed by atoms with Gasteiger partial charge < -0.3 is 0 Å². The van der Waals surface area contributed by atoms with Crippen LogP contribution in [-0.2, 0) is 0 Å². The van der Waals surface area contributed by atoms with E-state index in [0.29, 0.717) is 0 Å². The Kier molecular flexibility index (Phi) is 7.43. The molecule has 0 amide bonds. The van der Waals surface area contributed by atoms with Gasteiger partial charge in [0.05, 0.1) is 5.70 Å². The second-order valence-electron chi connectivity index (χ2n) is 2.75. The number of allylic oxidation sites excluding steroid dienone is 5. The lowest BCUT2D eigenvalue weighted by molar-refractivity contribution is 1.27. The molecule has 0 aromatic rings. The summed E-state index contributed by atoms with van der Waals surface area (Å²) in [5.41, 5.74) is 2.08. The van der Waals surface area contributed by atoms with Crippen LogP contribution >= 0.6 is 0 Å². The third-order valence-electron chi connectivity index (χ3n) is 1.64. The zero-order chi connectivity index (χ0) is 10.8. The van der Waals surface area contributed by atoms with Crippen molar-refractivity contribution in [2.24, 2.45) is 4.99 Å². The Labute approximate surface area is 87.3 Å². The summed E-state index contributed by atoms with van der Waals surface area (Å²) in [7, 11) is 0. The summed E-state index contributed by atoms with van der Waals surface area (Å²) in [6.07, 6.45) is 12.6. The van der Waals surface area contributed by atoms with Crippen molar-refractivity contribution in [3.8, 4) is 0 Å². The Morgan fingerprint density at radius 3 is 2.50 bits per heavy atom. The molecule has 0 rings (SSSR count). The molecule has 0 bridgehead atoms. The molecule has 0 unspecified atom stereocenters. The van der Waals surface area contributed by atoms with Gasteiger partial charge in [-0.3, -0.25) is 4.99 Å². The monoisotopic (exact) mass is 189 g/mol. The molecule has 0 saturated heterocycles. The van der Waals surface area contributed by atoms with Crippen molar-refractivity contribution in [1.82, 2.24) is 0 Å². The van der Waals surface area contributed by atoms with E-state index in [0.717, 1.165) is 17.7 Å². The second-order valence-corrected chi connectivity index (χ2v) is 2.75. The highest BCUT2D eigenvalue weighted by Gasteiger charge is 1.95. The molecule has 0 heterocycles. The van der Waals surface area contributed by atoms with E-state index in [2.05, 4.69) is 18.5 Å². The van der Waals surface area contributed by atoms with Gasteiger partial charge in [-0.25, -0.2) is 0 Å². The number of hydrogen-bond acceptors (Lipinski definition) is 1. The Balaban J connectivity index is 4.89. The predicted molar refractivity (Wildman–Crippen MR) is 65.6 cm³/mol. The molecule has 1 heteroatoms.